The summed E-state index contributed by atoms with van der Waals surface area (Å²) < 4.78 is 138. The Morgan fingerprint density at radius 2 is 0.259 bits per heavy atom. The van der Waals surface area contributed by atoms with Crippen LogP contribution in [-0.4, -0.2) is 0 Å². The van der Waals surface area contributed by atoms with Crippen LogP contribution in [0.25, 0.3) is 0 Å². The summed E-state index contributed by atoms with van der Waals surface area (Å²) in [6.45, 7) is 0. The number of halogens is 4. The van der Waals surface area contributed by atoms with E-state index in [1.54, 1.807) is 0 Å². The first kappa shape index (κ1) is 70.7. The zero-order chi connectivity index (χ0) is 18.0. The Morgan fingerprint density at radius 3 is 0.259 bits per heavy atom. The molecule has 0 aliphatic heterocycles. The molecule has 27 heteroatoms. The molecule has 18 nitrogen and oxygen atoms in total. The predicted molar refractivity (Wildman–Crippen MR) is 1.37 cm³/mol. The first-order valence-corrected chi connectivity index (χ1v) is 16.6. The van der Waals surface area contributed by atoms with Crippen LogP contribution in [0, 0.1) is 0 Å². The van der Waals surface area contributed by atoms with Gasteiger partial charge in [-0.3, -0.25) is 55.0 Å². The van der Waals surface area contributed by atoms with Crippen LogP contribution in [0.3, 0.4) is 0 Å². The van der Waals surface area contributed by atoms with Crippen LogP contribution in [0.15, 0.2) is 0 Å². The van der Waals surface area contributed by atoms with E-state index in [9.17, 15) is 0 Å². The van der Waals surface area contributed by atoms with Gasteiger partial charge >= 0.3 is 225 Å². The van der Waals surface area contributed by atoms with E-state index in [0.29, 0.717) is 0 Å². The average Bonchev–Trinajstić information content (AvgIpc) is 1.62. The van der Waals surface area contributed by atoms with Crippen molar-refractivity contribution >= 4 is 0 Å². The Labute approximate surface area is 359 Å². The molecule has 0 aliphatic carbocycles. The van der Waals surface area contributed by atoms with E-state index in [2.05, 4.69) is 0 Å². The summed E-state index contributed by atoms with van der Waals surface area (Å²) in [6.07, 6.45) is 0. The predicted octanol–water partition coefficient (Wildman–Crippen LogP) is -43.2. The van der Waals surface area contributed by atoms with Gasteiger partial charge in [0.25, 0.3) is 0 Å². The summed E-state index contributed by atoms with van der Waals surface area (Å²) in [5.74, 6) is 0. The average molecular weight is 1050 g/mol. The minimum absolute atomic E-state index is 0. The van der Waals surface area contributed by atoms with Crippen LogP contribution in [0.2, 0.25) is 0 Å². The molecule has 0 radical (unpaired) electrons. The van der Waals surface area contributed by atoms with Crippen molar-refractivity contribution < 1.29 is 371 Å². The molecule has 27 heavy (non-hydrogen) atoms. The molecular weight excluding hydrogens is 1050 g/mol. The van der Waals surface area contributed by atoms with Crippen LogP contribution in [0.4, 0.5) is 0 Å². The maximum absolute atomic E-state index is 8.62. The van der Waals surface area contributed by atoms with Gasteiger partial charge in [-0.1, -0.05) is 0 Å². The normalized spacial score (nSPS) is 8.89. The largest absolute Gasteiger partial charge is 4.00 e. The zero-order valence-corrected chi connectivity index (χ0v) is 36.1. The molecule has 0 unspecified atom stereocenters. The van der Waals surface area contributed by atoms with Crippen molar-refractivity contribution in [1.82, 2.24) is 0 Å². The van der Waals surface area contributed by atoms with Crippen LogP contribution >= 0.6 is 0 Å². The zero-order valence-electron chi connectivity index (χ0n) is 13.2. The summed E-state index contributed by atoms with van der Waals surface area (Å²) in [5.41, 5.74) is 0. The summed E-state index contributed by atoms with van der Waals surface area (Å²) in [4.78, 5) is 0. The molecule has 0 amide bonds. The Hall–Kier alpha value is 9.37. The topological polar surface area (TPSA) is 426 Å². The molecule has 0 rings (SSSR count). The van der Waals surface area contributed by atoms with Gasteiger partial charge in [-0.05, 0) is 0 Å². The van der Waals surface area contributed by atoms with Gasteiger partial charge in [0.05, 0.1) is 0 Å². The number of hydrogen-bond acceptors (Lipinski definition) is 16. The van der Waals surface area contributed by atoms with Gasteiger partial charge in [-0.25, -0.2) is 0 Å². The molecule has 0 saturated heterocycles. The van der Waals surface area contributed by atoms with Gasteiger partial charge in [-0.15, -0.1) is 0 Å². The van der Waals surface area contributed by atoms with E-state index >= 15 is 0 Å². The van der Waals surface area contributed by atoms with Crippen molar-refractivity contribution in [1.29, 1.82) is 0 Å². The Balaban J connectivity index is -0.0000000129. The fourth-order valence-corrected chi connectivity index (χ4v) is 0. The van der Waals surface area contributed by atoms with Crippen molar-refractivity contribution in [3.8, 4) is 0 Å². The SMILES string of the molecule is [K+].[K+].[K+].[K+].[O-2].[O-2].[O-][I+3]([O-])([O-])[O-].[O-][I+3]([O-])([O-])[O-].[O-][I+3]([O-])([O-])[O-].[O-][I+3]([O-])([O-])[O-].[Ru+4]. The van der Waals surface area contributed by atoms with E-state index < -0.39 is 80.4 Å². The first-order valence-electron chi connectivity index (χ1n) is 2.47. The second-order valence-corrected chi connectivity index (χ2v) is 10.1. The molecule has 0 bridgehead atoms. The molecule has 0 spiro atoms. The van der Waals surface area contributed by atoms with Crippen LogP contribution < -0.4 is 341 Å². The fraction of sp³-hybridized carbons (Fsp3) is 0. The molecule has 0 aliphatic rings. The fourth-order valence-electron chi connectivity index (χ4n) is 0. The smallest absolute Gasteiger partial charge is 2.00 e. The van der Waals surface area contributed by atoms with Gasteiger partial charge in [0, 0.05) is 0 Å². The van der Waals surface area contributed by atoms with Crippen LogP contribution in [-0.2, 0) is 30.4 Å². The van der Waals surface area contributed by atoms with Crippen molar-refractivity contribution in [2.45, 2.75) is 0 Å². The monoisotopic (exact) mass is 1050 g/mol. The van der Waals surface area contributed by atoms with Gasteiger partial charge < -0.3 is 11.0 Å². The minimum atomic E-state index is -5.94. The summed E-state index contributed by atoms with van der Waals surface area (Å²) in [7, 11) is 0. The summed E-state index contributed by atoms with van der Waals surface area (Å²) in [5, 5.41) is 0. The molecule has 0 N–H and O–H groups in total. The second kappa shape index (κ2) is 37.5. The van der Waals surface area contributed by atoms with E-state index in [1.165, 1.54) is 0 Å². The third kappa shape index (κ3) is 449. The van der Waals surface area contributed by atoms with E-state index in [0.717, 1.165) is 0 Å². The quantitative estimate of drug-likeness (QED) is 0.161. The number of rotatable bonds is 0. The molecule has 0 saturated carbocycles. The minimum Gasteiger partial charge on any atom is -2.00 e. The molecular formula is I4K4O18Ru. The van der Waals surface area contributed by atoms with Crippen LogP contribution in [0.5, 0.6) is 0 Å². The summed E-state index contributed by atoms with van der Waals surface area (Å²) >= 11 is -23.8. The van der Waals surface area contributed by atoms with E-state index in [-0.39, 0.29) is 236 Å². The number of hydrogen-bond donors (Lipinski definition) is 0. The Morgan fingerprint density at radius 1 is 0.259 bits per heavy atom. The molecule has 0 atom stereocenters. The Bertz CT molecular complexity index is 147. The van der Waals surface area contributed by atoms with Crippen molar-refractivity contribution in [3.05, 3.63) is 0 Å². The van der Waals surface area contributed by atoms with Crippen molar-refractivity contribution in [2.24, 2.45) is 0 Å². The molecule has 148 valence electrons. The maximum Gasteiger partial charge on any atom is 4.00 e. The van der Waals surface area contributed by atoms with E-state index in [4.69, 9.17) is 55.0 Å². The maximum atomic E-state index is 8.62. The third-order valence-electron chi connectivity index (χ3n) is 0. The first-order chi connectivity index (χ1) is 8.00. The Kier molecular flexibility index (Phi) is 98.2. The molecule has 0 fully saturated rings. The molecule has 0 aromatic carbocycles. The standard InChI is InChI=1S/4IO4.4K.2O.Ru/c4*2-1(3,4)5;;;;;;;/q4*-1;4*+1;2*-2;+4. The van der Waals surface area contributed by atoms with Crippen molar-refractivity contribution in [2.75, 3.05) is 0 Å². The van der Waals surface area contributed by atoms with Gasteiger partial charge in [-0.2, -0.15) is 0 Å². The van der Waals surface area contributed by atoms with Gasteiger partial charge in [0.2, 0.25) is 0 Å². The van der Waals surface area contributed by atoms with Gasteiger partial charge in [0.15, 0.2) is 0 Å². The van der Waals surface area contributed by atoms with Gasteiger partial charge in [0.1, 0.15) is 80.4 Å². The summed E-state index contributed by atoms with van der Waals surface area (Å²) in [6, 6.07) is 0. The molecule has 0 aromatic heterocycles. The molecule has 0 aromatic rings. The third-order valence-corrected chi connectivity index (χ3v) is 0. The van der Waals surface area contributed by atoms with E-state index in [1.807, 2.05) is 0 Å². The second-order valence-electron chi connectivity index (χ2n) is 1.51. The molecule has 0 heterocycles. The van der Waals surface area contributed by atoms with Crippen LogP contribution in [0.1, 0.15) is 0 Å². The van der Waals surface area contributed by atoms with Crippen molar-refractivity contribution in [3.63, 3.8) is 0 Å².